The molecule has 0 saturated heterocycles. The molecule has 7 heteroatoms. The van der Waals surface area contributed by atoms with E-state index in [9.17, 15) is 23.4 Å². The van der Waals surface area contributed by atoms with Gasteiger partial charge in [0, 0.05) is 16.2 Å². The van der Waals surface area contributed by atoms with Gasteiger partial charge in [0.15, 0.2) is 0 Å². The van der Waals surface area contributed by atoms with Crippen molar-refractivity contribution in [3.05, 3.63) is 34.9 Å². The van der Waals surface area contributed by atoms with Gasteiger partial charge >= 0.3 is 5.51 Å². The van der Waals surface area contributed by atoms with Gasteiger partial charge < -0.3 is 10.2 Å². The molecule has 0 atom stereocenters. The van der Waals surface area contributed by atoms with Crippen LogP contribution in [0.3, 0.4) is 0 Å². The first-order chi connectivity index (χ1) is 8.84. The Hall–Kier alpha value is -0.430. The zero-order valence-corrected chi connectivity index (χ0v) is 11.5. The highest BCUT2D eigenvalue weighted by molar-refractivity contribution is 8.00. The Morgan fingerprint density at radius 2 is 1.68 bits per heavy atom. The van der Waals surface area contributed by atoms with Crippen LogP contribution < -0.4 is 0 Å². The van der Waals surface area contributed by atoms with Crippen LogP contribution in [-0.4, -0.2) is 34.7 Å². The minimum Gasteiger partial charge on any atom is -0.395 e. The topological polar surface area (TPSA) is 40.5 Å². The maximum Gasteiger partial charge on any atom is 0.441 e. The number of alkyl halides is 3. The summed E-state index contributed by atoms with van der Waals surface area (Å²) >= 11 is 5.81. The van der Waals surface area contributed by atoms with Crippen molar-refractivity contribution in [1.82, 2.24) is 0 Å². The van der Waals surface area contributed by atoms with Crippen LogP contribution in [0.1, 0.15) is 12.0 Å². The molecule has 0 aliphatic heterocycles. The summed E-state index contributed by atoms with van der Waals surface area (Å²) in [4.78, 5) is 0. The molecule has 19 heavy (non-hydrogen) atoms. The summed E-state index contributed by atoms with van der Waals surface area (Å²) in [5.41, 5.74) is -5.02. The smallest absolute Gasteiger partial charge is 0.395 e. The molecular formula is C12H14ClF3O2S. The van der Waals surface area contributed by atoms with Crippen molar-refractivity contribution in [2.75, 3.05) is 19.0 Å². The molecular weight excluding hydrogens is 301 g/mol. The average molecular weight is 315 g/mol. The third-order valence-corrected chi connectivity index (χ3v) is 3.96. The van der Waals surface area contributed by atoms with E-state index in [4.69, 9.17) is 11.6 Å². The summed E-state index contributed by atoms with van der Waals surface area (Å²) in [5.74, 6) is -0.254. The molecule has 0 unspecified atom stereocenters. The van der Waals surface area contributed by atoms with Crippen LogP contribution in [0.25, 0.3) is 0 Å². The molecule has 0 bridgehead atoms. The predicted molar refractivity (Wildman–Crippen MR) is 70.4 cm³/mol. The van der Waals surface area contributed by atoms with E-state index in [-0.39, 0.29) is 23.9 Å². The molecule has 108 valence electrons. The molecule has 0 heterocycles. The summed E-state index contributed by atoms with van der Waals surface area (Å²) < 4.78 is 36.4. The molecule has 0 aliphatic rings. The van der Waals surface area contributed by atoms with Gasteiger partial charge in [0.25, 0.3) is 0 Å². The zero-order chi connectivity index (χ0) is 14.5. The van der Waals surface area contributed by atoms with E-state index >= 15 is 0 Å². The van der Waals surface area contributed by atoms with Gasteiger partial charge in [0.2, 0.25) is 0 Å². The highest BCUT2D eigenvalue weighted by Crippen LogP contribution is 2.37. The summed E-state index contributed by atoms with van der Waals surface area (Å²) in [6.07, 6.45) is -0.0199. The molecule has 0 fully saturated rings. The Labute approximate surface area is 118 Å². The second-order valence-corrected chi connectivity index (χ2v) is 5.69. The SMILES string of the molecule is OCC(CO)(CCSC(F)(F)F)c1ccccc1Cl. The van der Waals surface area contributed by atoms with E-state index in [1.165, 1.54) is 0 Å². The normalized spacial score (nSPS) is 12.7. The number of thioether (sulfide) groups is 1. The second kappa shape index (κ2) is 6.83. The van der Waals surface area contributed by atoms with Gasteiger partial charge in [0.1, 0.15) is 0 Å². The van der Waals surface area contributed by atoms with E-state index in [0.717, 1.165) is 0 Å². The first-order valence-corrected chi connectivity index (χ1v) is 6.88. The summed E-state index contributed by atoms with van der Waals surface area (Å²) in [6.45, 7) is -0.933. The maximum absolute atomic E-state index is 12.1. The summed E-state index contributed by atoms with van der Waals surface area (Å²) in [5, 5.41) is 19.3. The van der Waals surface area contributed by atoms with Gasteiger partial charge in [-0.25, -0.2) is 0 Å². The van der Waals surface area contributed by atoms with E-state index in [1.807, 2.05) is 0 Å². The minimum absolute atomic E-state index is 0.0199. The van der Waals surface area contributed by atoms with Gasteiger partial charge in [-0.3, -0.25) is 0 Å². The third kappa shape index (κ3) is 4.56. The van der Waals surface area contributed by atoms with Crippen LogP contribution in [0, 0.1) is 0 Å². The van der Waals surface area contributed by atoms with Crippen molar-refractivity contribution < 1.29 is 23.4 Å². The first kappa shape index (κ1) is 16.6. The Kier molecular flexibility index (Phi) is 5.98. The summed E-state index contributed by atoms with van der Waals surface area (Å²) in [6, 6.07) is 6.52. The number of hydrogen-bond acceptors (Lipinski definition) is 3. The Morgan fingerprint density at radius 3 is 2.16 bits per heavy atom. The number of hydrogen-bond donors (Lipinski definition) is 2. The summed E-state index contributed by atoms with van der Waals surface area (Å²) in [7, 11) is 0. The molecule has 0 aromatic heterocycles. The van der Waals surface area contributed by atoms with Crippen molar-refractivity contribution in [2.24, 2.45) is 0 Å². The van der Waals surface area contributed by atoms with Crippen molar-refractivity contribution in [1.29, 1.82) is 0 Å². The Balaban J connectivity index is 2.89. The molecule has 0 amide bonds. The highest BCUT2D eigenvalue weighted by Gasteiger charge is 2.35. The van der Waals surface area contributed by atoms with Crippen LogP contribution in [0.2, 0.25) is 5.02 Å². The molecule has 1 aromatic carbocycles. The van der Waals surface area contributed by atoms with Crippen LogP contribution in [0.15, 0.2) is 24.3 Å². The van der Waals surface area contributed by atoms with Crippen molar-refractivity contribution in [3.8, 4) is 0 Å². The van der Waals surface area contributed by atoms with Crippen LogP contribution in [-0.2, 0) is 5.41 Å². The van der Waals surface area contributed by atoms with E-state index in [1.54, 1.807) is 24.3 Å². The van der Waals surface area contributed by atoms with Gasteiger partial charge in [-0.15, -0.1) is 0 Å². The fourth-order valence-corrected chi connectivity index (χ4v) is 2.83. The first-order valence-electron chi connectivity index (χ1n) is 5.52. The van der Waals surface area contributed by atoms with Crippen molar-refractivity contribution in [3.63, 3.8) is 0 Å². The number of rotatable bonds is 6. The molecule has 0 spiro atoms. The number of aliphatic hydroxyl groups is 2. The Morgan fingerprint density at radius 1 is 1.11 bits per heavy atom. The zero-order valence-electron chi connectivity index (χ0n) is 9.95. The van der Waals surface area contributed by atoms with Crippen LogP contribution in [0.4, 0.5) is 13.2 Å². The average Bonchev–Trinajstić information content (AvgIpc) is 2.35. The van der Waals surface area contributed by atoms with Crippen LogP contribution in [0.5, 0.6) is 0 Å². The molecule has 0 saturated carbocycles. The third-order valence-electron chi connectivity index (χ3n) is 2.90. The van der Waals surface area contributed by atoms with Gasteiger partial charge in [0.05, 0.1) is 13.2 Å². The molecule has 0 aliphatic carbocycles. The van der Waals surface area contributed by atoms with E-state index in [0.29, 0.717) is 10.6 Å². The highest BCUT2D eigenvalue weighted by atomic mass is 35.5. The largest absolute Gasteiger partial charge is 0.441 e. The standard InChI is InChI=1S/C12H14ClF3O2S/c13-10-4-2-1-3-9(10)11(7-17,8-18)5-6-19-12(14,15)16/h1-4,17-18H,5-8H2. The van der Waals surface area contributed by atoms with Crippen LogP contribution >= 0.6 is 23.4 Å². The number of halogens is 4. The lowest BCUT2D eigenvalue weighted by Crippen LogP contribution is -2.36. The fourth-order valence-electron chi connectivity index (χ4n) is 1.77. The van der Waals surface area contributed by atoms with E-state index < -0.39 is 24.1 Å². The van der Waals surface area contributed by atoms with Gasteiger partial charge in [-0.1, -0.05) is 41.6 Å². The Bertz CT molecular complexity index is 408. The van der Waals surface area contributed by atoms with Crippen molar-refractivity contribution >= 4 is 23.4 Å². The molecule has 2 N–H and O–H groups in total. The van der Waals surface area contributed by atoms with Gasteiger partial charge in [-0.05, 0) is 18.1 Å². The molecule has 1 rings (SSSR count). The second-order valence-electron chi connectivity index (χ2n) is 4.12. The maximum atomic E-state index is 12.1. The fraction of sp³-hybridized carbons (Fsp3) is 0.500. The van der Waals surface area contributed by atoms with E-state index in [2.05, 4.69) is 0 Å². The number of benzene rings is 1. The molecule has 1 aromatic rings. The van der Waals surface area contributed by atoms with Crippen molar-refractivity contribution in [2.45, 2.75) is 17.3 Å². The molecule has 0 radical (unpaired) electrons. The lowest BCUT2D eigenvalue weighted by atomic mass is 9.79. The monoisotopic (exact) mass is 314 g/mol. The minimum atomic E-state index is -4.32. The number of aliphatic hydroxyl groups excluding tert-OH is 2. The lowest BCUT2D eigenvalue weighted by Gasteiger charge is -2.31. The van der Waals surface area contributed by atoms with Gasteiger partial charge in [-0.2, -0.15) is 13.2 Å². The quantitative estimate of drug-likeness (QED) is 0.847. The molecule has 2 nitrogen and oxygen atoms in total. The lowest BCUT2D eigenvalue weighted by molar-refractivity contribution is -0.0329. The predicted octanol–water partition coefficient (Wildman–Crippen LogP) is 3.21.